The quantitative estimate of drug-likeness (QED) is 0.429. The number of alkyl halides is 2. The molecule has 5 rings (SSSR count). The molecule has 4 aliphatic carbocycles. The summed E-state index contributed by atoms with van der Waals surface area (Å²) in [5.74, 6) is 1.45. The fourth-order valence-corrected chi connectivity index (χ4v) is 6.47. The monoisotopic (exact) mass is 463 g/mol. The summed E-state index contributed by atoms with van der Waals surface area (Å²) in [7, 11) is 1.33. The Morgan fingerprint density at radius 2 is 1.76 bits per heavy atom. The summed E-state index contributed by atoms with van der Waals surface area (Å²) in [5, 5.41) is 3.07. The Hall–Kier alpha value is -2.64. The van der Waals surface area contributed by atoms with Crippen LogP contribution < -0.4 is 14.8 Å². The van der Waals surface area contributed by atoms with E-state index >= 15 is 0 Å². The van der Waals surface area contributed by atoms with Crippen LogP contribution in [0.4, 0.5) is 8.78 Å². The lowest BCUT2D eigenvalue weighted by Gasteiger charge is -2.59. The van der Waals surface area contributed by atoms with Crippen LogP contribution in [0.15, 0.2) is 24.3 Å². The Kier molecular flexibility index (Phi) is 6.91. The molecular weight excluding hydrogens is 432 g/mol. The van der Waals surface area contributed by atoms with Crippen molar-refractivity contribution in [3.8, 4) is 11.5 Å². The Bertz CT molecular complexity index is 881. The number of esters is 1. The van der Waals surface area contributed by atoms with Crippen LogP contribution in [0.5, 0.6) is 11.5 Å². The summed E-state index contributed by atoms with van der Waals surface area (Å²) in [6.45, 7) is -1.22. The third-order valence-corrected chi connectivity index (χ3v) is 7.54. The Balaban J connectivity index is 1.26. The van der Waals surface area contributed by atoms with Crippen molar-refractivity contribution in [2.24, 2.45) is 23.2 Å². The van der Waals surface area contributed by atoms with Gasteiger partial charge in [-0.05, 0) is 92.4 Å². The second kappa shape index (κ2) is 9.69. The number of ether oxygens (including phenoxy) is 3. The first-order chi connectivity index (χ1) is 15.8. The molecule has 1 unspecified atom stereocenters. The molecule has 0 saturated heterocycles. The number of halogens is 2. The first-order valence-corrected chi connectivity index (χ1v) is 11.5. The summed E-state index contributed by atoms with van der Waals surface area (Å²) < 4.78 is 39.3. The molecule has 180 valence electrons. The molecule has 0 aliphatic heterocycles. The van der Waals surface area contributed by atoms with Gasteiger partial charge in [0.1, 0.15) is 0 Å². The van der Waals surface area contributed by atoms with Crippen molar-refractivity contribution in [3.05, 3.63) is 29.8 Å². The molecule has 1 N–H and O–H groups in total. The van der Waals surface area contributed by atoms with Crippen LogP contribution in [-0.2, 0) is 14.3 Å². The normalized spacial score (nSPS) is 28.7. The number of carbonyl (C=O) groups excluding carboxylic acids is 2. The number of hydrogen-bond donors (Lipinski definition) is 1. The van der Waals surface area contributed by atoms with E-state index in [1.165, 1.54) is 76.0 Å². The predicted octanol–water partition coefficient (Wildman–Crippen LogP) is 4.57. The fraction of sp³-hybridized carbons (Fsp3) is 0.600. The SMILES string of the molecule is COc1cc(C=CC(=O)OCC(=O)NC(C)C23CC4CC(CC(C4)C2)C3)ccc1OC(F)F. The van der Waals surface area contributed by atoms with Gasteiger partial charge in [0, 0.05) is 12.1 Å². The van der Waals surface area contributed by atoms with Crippen LogP contribution in [0.25, 0.3) is 6.08 Å². The predicted molar refractivity (Wildman–Crippen MR) is 118 cm³/mol. The Morgan fingerprint density at radius 1 is 1.12 bits per heavy atom. The molecule has 4 aliphatic rings. The van der Waals surface area contributed by atoms with Crippen molar-refractivity contribution in [2.75, 3.05) is 13.7 Å². The zero-order chi connectivity index (χ0) is 23.6. The van der Waals surface area contributed by atoms with E-state index in [9.17, 15) is 18.4 Å². The molecular formula is C25H31F2NO5. The number of amides is 1. The standard InChI is InChI=1S/C25H31F2NO5/c1-15(25-11-17-7-18(12-25)9-19(8-17)13-25)28-22(29)14-32-23(30)6-4-16-3-5-20(33-24(26)27)21(10-16)31-2/h3-6,10,15,17-19,24H,7-9,11-14H2,1-2H3,(H,28,29). The fourth-order valence-electron chi connectivity index (χ4n) is 6.47. The van der Waals surface area contributed by atoms with E-state index in [-0.39, 0.29) is 35.5 Å². The van der Waals surface area contributed by atoms with E-state index in [1.807, 2.05) is 0 Å². The minimum absolute atomic E-state index is 0.0640. The van der Waals surface area contributed by atoms with Crippen molar-refractivity contribution >= 4 is 18.0 Å². The van der Waals surface area contributed by atoms with E-state index in [0.717, 1.165) is 17.8 Å². The lowest BCUT2D eigenvalue weighted by atomic mass is 9.48. The van der Waals surface area contributed by atoms with E-state index in [2.05, 4.69) is 17.0 Å². The van der Waals surface area contributed by atoms with Crippen LogP contribution in [0.1, 0.15) is 51.0 Å². The molecule has 1 amide bonds. The van der Waals surface area contributed by atoms with Gasteiger partial charge in [0.25, 0.3) is 5.91 Å². The van der Waals surface area contributed by atoms with Gasteiger partial charge in [-0.2, -0.15) is 8.78 Å². The van der Waals surface area contributed by atoms with Crippen molar-refractivity contribution in [3.63, 3.8) is 0 Å². The van der Waals surface area contributed by atoms with Gasteiger partial charge in [-0.3, -0.25) is 4.79 Å². The summed E-state index contributed by atoms with van der Waals surface area (Å²) in [6, 6.07) is 4.36. The average Bonchev–Trinajstić information content (AvgIpc) is 2.75. The lowest BCUT2D eigenvalue weighted by Crippen LogP contribution is -2.56. The van der Waals surface area contributed by atoms with Crippen LogP contribution >= 0.6 is 0 Å². The van der Waals surface area contributed by atoms with Crippen molar-refractivity contribution in [1.82, 2.24) is 5.32 Å². The van der Waals surface area contributed by atoms with Gasteiger partial charge >= 0.3 is 12.6 Å². The van der Waals surface area contributed by atoms with E-state index in [1.54, 1.807) is 0 Å². The highest BCUT2D eigenvalue weighted by atomic mass is 19.3. The second-order valence-corrected chi connectivity index (χ2v) is 9.80. The number of carbonyl (C=O) groups is 2. The minimum Gasteiger partial charge on any atom is -0.493 e. The number of nitrogens with one attached hydrogen (secondary N) is 1. The topological polar surface area (TPSA) is 73.9 Å². The molecule has 4 bridgehead atoms. The first-order valence-electron chi connectivity index (χ1n) is 11.5. The van der Waals surface area contributed by atoms with E-state index in [0.29, 0.717) is 5.56 Å². The molecule has 8 heteroatoms. The average molecular weight is 464 g/mol. The Labute approximate surface area is 192 Å². The summed E-state index contributed by atoms with van der Waals surface area (Å²) in [4.78, 5) is 24.5. The Morgan fingerprint density at radius 3 is 2.33 bits per heavy atom. The molecule has 1 atom stereocenters. The lowest BCUT2D eigenvalue weighted by molar-refractivity contribution is -0.145. The highest BCUT2D eigenvalue weighted by molar-refractivity contribution is 5.89. The van der Waals surface area contributed by atoms with Gasteiger partial charge in [-0.1, -0.05) is 6.07 Å². The van der Waals surface area contributed by atoms with Gasteiger partial charge in [0.2, 0.25) is 0 Å². The van der Waals surface area contributed by atoms with Crippen LogP contribution in [0.2, 0.25) is 0 Å². The smallest absolute Gasteiger partial charge is 0.387 e. The molecule has 4 saturated carbocycles. The molecule has 6 nitrogen and oxygen atoms in total. The van der Waals surface area contributed by atoms with Crippen molar-refractivity contribution in [1.29, 1.82) is 0 Å². The largest absolute Gasteiger partial charge is 0.493 e. The van der Waals surface area contributed by atoms with Gasteiger partial charge < -0.3 is 19.5 Å². The zero-order valence-electron chi connectivity index (χ0n) is 19.0. The zero-order valence-corrected chi connectivity index (χ0v) is 19.0. The minimum atomic E-state index is -2.97. The van der Waals surface area contributed by atoms with Crippen molar-refractivity contribution < 1.29 is 32.6 Å². The maximum atomic E-state index is 12.4. The van der Waals surface area contributed by atoms with Crippen LogP contribution in [0, 0.1) is 23.2 Å². The third-order valence-electron chi connectivity index (χ3n) is 7.54. The first kappa shape index (κ1) is 23.5. The maximum absolute atomic E-state index is 12.4. The number of hydrogen-bond acceptors (Lipinski definition) is 5. The van der Waals surface area contributed by atoms with Gasteiger partial charge in [0.15, 0.2) is 18.1 Å². The number of rotatable bonds is 9. The number of methoxy groups -OCH3 is 1. The second-order valence-electron chi connectivity index (χ2n) is 9.80. The molecule has 4 fully saturated rings. The van der Waals surface area contributed by atoms with Crippen LogP contribution in [0.3, 0.4) is 0 Å². The highest BCUT2D eigenvalue weighted by Gasteiger charge is 2.53. The van der Waals surface area contributed by atoms with Gasteiger partial charge in [-0.15, -0.1) is 0 Å². The summed E-state index contributed by atoms with van der Waals surface area (Å²) >= 11 is 0. The number of benzene rings is 1. The van der Waals surface area contributed by atoms with Gasteiger partial charge in [-0.25, -0.2) is 4.79 Å². The molecule has 0 heterocycles. The summed E-state index contributed by atoms with van der Waals surface area (Å²) in [6.07, 6.45) is 10.2. The van der Waals surface area contributed by atoms with E-state index in [4.69, 9.17) is 9.47 Å². The maximum Gasteiger partial charge on any atom is 0.387 e. The molecule has 1 aromatic rings. The molecule has 0 radical (unpaired) electrons. The van der Waals surface area contributed by atoms with Crippen molar-refractivity contribution in [2.45, 2.75) is 58.1 Å². The third kappa shape index (κ3) is 5.47. The van der Waals surface area contributed by atoms with Gasteiger partial charge in [0.05, 0.1) is 7.11 Å². The molecule has 0 spiro atoms. The molecule has 1 aromatic carbocycles. The summed E-state index contributed by atoms with van der Waals surface area (Å²) in [5.41, 5.74) is 0.721. The van der Waals surface area contributed by atoms with E-state index < -0.39 is 12.6 Å². The van der Waals surface area contributed by atoms with Crippen LogP contribution in [-0.4, -0.2) is 38.2 Å². The molecule has 0 aromatic heterocycles. The molecule has 33 heavy (non-hydrogen) atoms. The highest BCUT2D eigenvalue weighted by Crippen LogP contribution is 2.61.